The molecular formula is C9H15NS. The van der Waals surface area contributed by atoms with Crippen LogP contribution < -0.4 is 0 Å². The summed E-state index contributed by atoms with van der Waals surface area (Å²) in [5.41, 5.74) is 0. The van der Waals surface area contributed by atoms with Crippen LogP contribution in [0.2, 0.25) is 0 Å². The minimum atomic E-state index is 0.636. The predicted octanol–water partition coefficient (Wildman–Crippen LogP) is 2.59. The molecule has 0 saturated carbocycles. The third kappa shape index (κ3) is 2.64. The van der Waals surface area contributed by atoms with Crippen LogP contribution in [0.15, 0.2) is 17.5 Å². The second-order valence-corrected chi connectivity index (χ2v) is 4.12. The molecule has 11 heavy (non-hydrogen) atoms. The number of nitrogens with zero attached hydrogens (tertiary/aromatic N) is 1. The Bertz CT molecular complexity index is 191. The normalized spacial score (nSPS) is 11.4. The summed E-state index contributed by atoms with van der Waals surface area (Å²) in [6.45, 7) is 5.51. The Morgan fingerprint density at radius 1 is 1.55 bits per heavy atom. The van der Waals surface area contributed by atoms with E-state index in [0.717, 1.165) is 6.54 Å². The van der Waals surface area contributed by atoms with Gasteiger partial charge in [-0.3, -0.25) is 4.90 Å². The van der Waals surface area contributed by atoms with E-state index in [1.165, 1.54) is 4.88 Å². The number of hydrogen-bond donors (Lipinski definition) is 0. The van der Waals surface area contributed by atoms with Crippen molar-refractivity contribution in [3.63, 3.8) is 0 Å². The van der Waals surface area contributed by atoms with Crippen molar-refractivity contribution in [3.8, 4) is 0 Å². The van der Waals surface area contributed by atoms with Crippen molar-refractivity contribution < 1.29 is 0 Å². The van der Waals surface area contributed by atoms with Gasteiger partial charge in [-0.2, -0.15) is 0 Å². The molecule has 0 bridgehead atoms. The molecule has 0 spiro atoms. The Labute approximate surface area is 72.7 Å². The Balaban J connectivity index is 2.43. The molecular weight excluding hydrogens is 154 g/mol. The van der Waals surface area contributed by atoms with Crippen molar-refractivity contribution in [2.24, 2.45) is 0 Å². The van der Waals surface area contributed by atoms with Crippen LogP contribution in [0.1, 0.15) is 18.7 Å². The molecule has 0 aliphatic heterocycles. The van der Waals surface area contributed by atoms with E-state index < -0.39 is 0 Å². The molecule has 0 aromatic carbocycles. The molecule has 62 valence electrons. The van der Waals surface area contributed by atoms with Gasteiger partial charge >= 0.3 is 0 Å². The van der Waals surface area contributed by atoms with E-state index >= 15 is 0 Å². The van der Waals surface area contributed by atoms with E-state index in [-0.39, 0.29) is 0 Å². The lowest BCUT2D eigenvalue weighted by atomic mass is 10.3. The van der Waals surface area contributed by atoms with Crippen LogP contribution in [0.25, 0.3) is 0 Å². The topological polar surface area (TPSA) is 3.24 Å². The van der Waals surface area contributed by atoms with Crippen molar-refractivity contribution in [2.75, 3.05) is 7.05 Å². The zero-order valence-corrected chi connectivity index (χ0v) is 8.19. The quantitative estimate of drug-likeness (QED) is 0.672. The summed E-state index contributed by atoms with van der Waals surface area (Å²) in [6, 6.07) is 4.93. The Hall–Kier alpha value is -0.340. The molecule has 1 aromatic heterocycles. The molecule has 0 N–H and O–H groups in total. The summed E-state index contributed by atoms with van der Waals surface area (Å²) < 4.78 is 0. The average molecular weight is 169 g/mol. The van der Waals surface area contributed by atoms with Gasteiger partial charge in [-0.15, -0.1) is 11.3 Å². The molecule has 1 aromatic rings. The fourth-order valence-corrected chi connectivity index (χ4v) is 1.60. The molecule has 0 saturated heterocycles. The van der Waals surface area contributed by atoms with Gasteiger partial charge in [0, 0.05) is 17.5 Å². The lowest BCUT2D eigenvalue weighted by Crippen LogP contribution is -2.24. The zero-order valence-electron chi connectivity index (χ0n) is 7.37. The molecule has 0 amide bonds. The van der Waals surface area contributed by atoms with Crippen LogP contribution in [-0.2, 0) is 6.54 Å². The van der Waals surface area contributed by atoms with Gasteiger partial charge in [-0.05, 0) is 32.3 Å². The largest absolute Gasteiger partial charge is 0.299 e. The van der Waals surface area contributed by atoms with Crippen molar-refractivity contribution in [2.45, 2.75) is 26.4 Å². The van der Waals surface area contributed by atoms with Gasteiger partial charge in [0.05, 0.1) is 0 Å². The van der Waals surface area contributed by atoms with Gasteiger partial charge in [0.2, 0.25) is 0 Å². The first-order chi connectivity index (χ1) is 5.20. The lowest BCUT2D eigenvalue weighted by molar-refractivity contribution is 0.268. The van der Waals surface area contributed by atoms with Crippen molar-refractivity contribution in [1.82, 2.24) is 4.90 Å². The van der Waals surface area contributed by atoms with Crippen molar-refractivity contribution in [1.29, 1.82) is 0 Å². The van der Waals surface area contributed by atoms with Gasteiger partial charge in [-0.1, -0.05) is 6.07 Å². The first-order valence-corrected chi connectivity index (χ1v) is 4.80. The van der Waals surface area contributed by atoms with E-state index in [9.17, 15) is 0 Å². The molecule has 0 fully saturated rings. The molecule has 0 unspecified atom stereocenters. The molecule has 1 heterocycles. The van der Waals surface area contributed by atoms with Crippen LogP contribution in [0, 0.1) is 0 Å². The van der Waals surface area contributed by atoms with E-state index in [1.807, 2.05) is 11.3 Å². The fourth-order valence-electron chi connectivity index (χ4n) is 0.831. The number of rotatable bonds is 3. The Morgan fingerprint density at radius 3 is 2.73 bits per heavy atom. The second kappa shape index (κ2) is 3.88. The van der Waals surface area contributed by atoms with Crippen LogP contribution in [0.3, 0.4) is 0 Å². The first kappa shape index (κ1) is 8.75. The highest BCUT2D eigenvalue weighted by Gasteiger charge is 2.03. The minimum Gasteiger partial charge on any atom is -0.299 e. The van der Waals surface area contributed by atoms with Gasteiger partial charge in [0.1, 0.15) is 0 Å². The lowest BCUT2D eigenvalue weighted by Gasteiger charge is -2.19. The van der Waals surface area contributed by atoms with Crippen molar-refractivity contribution >= 4 is 11.3 Å². The van der Waals surface area contributed by atoms with E-state index in [2.05, 4.69) is 43.3 Å². The summed E-state index contributed by atoms with van der Waals surface area (Å²) in [5.74, 6) is 0. The van der Waals surface area contributed by atoms with E-state index in [1.54, 1.807) is 0 Å². The maximum atomic E-state index is 2.34. The molecule has 0 aliphatic rings. The predicted molar refractivity (Wildman–Crippen MR) is 50.9 cm³/mol. The first-order valence-electron chi connectivity index (χ1n) is 3.93. The van der Waals surface area contributed by atoms with Gasteiger partial charge in [-0.25, -0.2) is 0 Å². The smallest absolute Gasteiger partial charge is 0.0327 e. The van der Waals surface area contributed by atoms with Crippen LogP contribution >= 0.6 is 11.3 Å². The number of thiophene rings is 1. The maximum absolute atomic E-state index is 2.34. The second-order valence-electron chi connectivity index (χ2n) is 3.09. The standard InChI is InChI=1S/C9H15NS/c1-8(2)10(3)7-9-5-4-6-11-9/h4-6,8H,7H2,1-3H3. The summed E-state index contributed by atoms with van der Waals surface area (Å²) in [6.07, 6.45) is 0. The van der Waals surface area contributed by atoms with Crippen LogP contribution in [0.5, 0.6) is 0 Å². The summed E-state index contributed by atoms with van der Waals surface area (Å²) in [4.78, 5) is 3.78. The van der Waals surface area contributed by atoms with Gasteiger partial charge in [0.25, 0.3) is 0 Å². The van der Waals surface area contributed by atoms with Crippen LogP contribution in [-0.4, -0.2) is 18.0 Å². The highest BCUT2D eigenvalue weighted by Crippen LogP contribution is 2.11. The highest BCUT2D eigenvalue weighted by molar-refractivity contribution is 7.09. The van der Waals surface area contributed by atoms with Crippen LogP contribution in [0.4, 0.5) is 0 Å². The third-order valence-corrected chi connectivity index (χ3v) is 2.73. The number of hydrogen-bond acceptors (Lipinski definition) is 2. The average Bonchev–Trinajstić information content (AvgIpc) is 2.39. The SMILES string of the molecule is CC(C)N(C)Cc1cccs1. The zero-order chi connectivity index (χ0) is 8.27. The van der Waals surface area contributed by atoms with Crippen molar-refractivity contribution in [3.05, 3.63) is 22.4 Å². The molecule has 0 aliphatic carbocycles. The molecule has 0 atom stereocenters. The van der Waals surface area contributed by atoms with E-state index in [4.69, 9.17) is 0 Å². The molecule has 2 heteroatoms. The molecule has 1 rings (SSSR count). The Morgan fingerprint density at radius 2 is 2.27 bits per heavy atom. The van der Waals surface area contributed by atoms with Gasteiger partial charge in [0.15, 0.2) is 0 Å². The molecule has 0 radical (unpaired) electrons. The maximum Gasteiger partial charge on any atom is 0.0327 e. The minimum absolute atomic E-state index is 0.636. The van der Waals surface area contributed by atoms with E-state index in [0.29, 0.717) is 6.04 Å². The monoisotopic (exact) mass is 169 g/mol. The third-order valence-electron chi connectivity index (χ3n) is 1.87. The van der Waals surface area contributed by atoms with Gasteiger partial charge < -0.3 is 0 Å². The summed E-state index contributed by atoms with van der Waals surface area (Å²) >= 11 is 1.83. The highest BCUT2D eigenvalue weighted by atomic mass is 32.1. The molecule has 1 nitrogen and oxygen atoms in total. The fraction of sp³-hybridized carbons (Fsp3) is 0.556. The summed E-state index contributed by atoms with van der Waals surface area (Å²) in [5, 5.41) is 2.13. The Kier molecular flexibility index (Phi) is 3.09. The summed E-state index contributed by atoms with van der Waals surface area (Å²) in [7, 11) is 2.16.